The number of carbonyl (C=O) groups is 2. The van der Waals surface area contributed by atoms with Gasteiger partial charge in [0.15, 0.2) is 0 Å². The number of benzene rings is 1. The third-order valence-corrected chi connectivity index (χ3v) is 2.97. The fraction of sp³-hybridized carbons (Fsp3) is 0.133. The van der Waals surface area contributed by atoms with Crippen molar-refractivity contribution in [3.8, 4) is 5.75 Å². The first-order chi connectivity index (χ1) is 11.3. The maximum absolute atomic E-state index is 12.8. The number of aromatic nitrogens is 1. The molecular formula is C15H12F3N3O3. The Kier molecular flexibility index (Phi) is 5.02. The summed E-state index contributed by atoms with van der Waals surface area (Å²) in [5.74, 6) is -1.69. The van der Waals surface area contributed by atoms with Crippen LogP contribution >= 0.6 is 0 Å². The van der Waals surface area contributed by atoms with Gasteiger partial charge in [0.25, 0.3) is 11.8 Å². The molecule has 9 heteroatoms. The second-order valence-electron chi connectivity index (χ2n) is 4.51. The molecule has 0 spiro atoms. The molecule has 2 rings (SSSR count). The second kappa shape index (κ2) is 6.99. The molecule has 0 saturated carbocycles. The lowest BCUT2D eigenvalue weighted by Gasteiger charge is -2.13. The first-order valence-electron chi connectivity index (χ1n) is 6.60. The molecule has 1 aromatic carbocycles. The van der Waals surface area contributed by atoms with Crippen molar-refractivity contribution in [2.45, 2.75) is 6.18 Å². The largest absolute Gasteiger partial charge is 0.496 e. The minimum absolute atomic E-state index is 0.109. The van der Waals surface area contributed by atoms with Gasteiger partial charge in [0.05, 0.1) is 18.2 Å². The van der Waals surface area contributed by atoms with Gasteiger partial charge in [-0.25, -0.2) is 0 Å². The van der Waals surface area contributed by atoms with E-state index in [9.17, 15) is 22.8 Å². The lowest BCUT2D eigenvalue weighted by Crippen LogP contribution is -2.42. The Balaban J connectivity index is 2.13. The topological polar surface area (TPSA) is 80.3 Å². The number of hydrogen-bond acceptors (Lipinski definition) is 4. The van der Waals surface area contributed by atoms with Crippen molar-refractivity contribution < 1.29 is 27.5 Å². The van der Waals surface area contributed by atoms with E-state index in [0.29, 0.717) is 0 Å². The number of alkyl halides is 3. The van der Waals surface area contributed by atoms with E-state index >= 15 is 0 Å². The van der Waals surface area contributed by atoms with Gasteiger partial charge in [-0.3, -0.25) is 25.4 Å². The van der Waals surface area contributed by atoms with Crippen molar-refractivity contribution in [3.05, 3.63) is 59.4 Å². The molecule has 126 valence electrons. The molecule has 0 saturated heterocycles. The molecule has 2 aromatic rings. The molecule has 24 heavy (non-hydrogen) atoms. The quantitative estimate of drug-likeness (QED) is 0.840. The van der Waals surface area contributed by atoms with E-state index < -0.39 is 29.2 Å². The Hall–Kier alpha value is -3.10. The molecule has 0 aliphatic rings. The van der Waals surface area contributed by atoms with Crippen LogP contribution in [0.4, 0.5) is 13.2 Å². The van der Waals surface area contributed by atoms with Crippen molar-refractivity contribution in [2.75, 3.05) is 7.11 Å². The normalized spacial score (nSPS) is 10.8. The van der Waals surface area contributed by atoms with E-state index in [2.05, 4.69) is 4.98 Å². The van der Waals surface area contributed by atoms with Gasteiger partial charge in [-0.05, 0) is 24.3 Å². The van der Waals surface area contributed by atoms with Crippen molar-refractivity contribution >= 4 is 11.8 Å². The summed E-state index contributed by atoms with van der Waals surface area (Å²) in [6, 6.07) is 7.95. The molecule has 6 nitrogen and oxygen atoms in total. The average Bonchev–Trinajstić information content (AvgIpc) is 2.58. The number of amides is 2. The van der Waals surface area contributed by atoms with Crippen molar-refractivity contribution in [3.63, 3.8) is 0 Å². The number of halogens is 3. The fourth-order valence-corrected chi connectivity index (χ4v) is 1.89. The van der Waals surface area contributed by atoms with Crippen LogP contribution < -0.4 is 15.6 Å². The van der Waals surface area contributed by atoms with Gasteiger partial charge in [-0.1, -0.05) is 12.1 Å². The lowest BCUT2D eigenvalue weighted by atomic mass is 10.2. The van der Waals surface area contributed by atoms with Crippen molar-refractivity contribution in [1.82, 2.24) is 15.8 Å². The molecule has 0 atom stereocenters. The smallest absolute Gasteiger partial charge is 0.418 e. The molecule has 1 aromatic heterocycles. The van der Waals surface area contributed by atoms with Crippen LogP contribution in [0.5, 0.6) is 5.75 Å². The van der Waals surface area contributed by atoms with E-state index in [-0.39, 0.29) is 11.3 Å². The van der Waals surface area contributed by atoms with E-state index in [1.165, 1.54) is 19.2 Å². The summed E-state index contributed by atoms with van der Waals surface area (Å²) in [5.41, 5.74) is 2.00. The SMILES string of the molecule is COc1ccccc1C(=O)NNC(=O)c1ncccc1C(F)(F)F. The Morgan fingerprint density at radius 1 is 1.04 bits per heavy atom. The number of hydrazine groups is 1. The standard InChI is InChI=1S/C15H12F3N3O3/c1-24-11-7-3-2-5-9(11)13(22)20-21-14(23)12-10(15(16,17)18)6-4-8-19-12/h2-8H,1H3,(H,20,22)(H,21,23). The van der Waals surface area contributed by atoms with Crippen LogP contribution in [0, 0.1) is 0 Å². The number of ether oxygens (including phenoxy) is 1. The van der Waals surface area contributed by atoms with Crippen LogP contribution in [0.15, 0.2) is 42.6 Å². The number of hydrogen-bond donors (Lipinski definition) is 2. The van der Waals surface area contributed by atoms with Gasteiger partial charge in [-0.2, -0.15) is 13.2 Å². The van der Waals surface area contributed by atoms with E-state index in [0.717, 1.165) is 18.3 Å². The van der Waals surface area contributed by atoms with E-state index in [1.807, 2.05) is 10.9 Å². The molecule has 0 radical (unpaired) electrons. The Bertz CT molecular complexity index is 763. The monoisotopic (exact) mass is 339 g/mol. The molecule has 0 unspecified atom stereocenters. The maximum Gasteiger partial charge on any atom is 0.418 e. The van der Waals surface area contributed by atoms with Crippen LogP contribution in [-0.4, -0.2) is 23.9 Å². The lowest BCUT2D eigenvalue weighted by molar-refractivity contribution is -0.138. The summed E-state index contributed by atoms with van der Waals surface area (Å²) in [5, 5.41) is 0. The molecule has 0 bridgehead atoms. The summed E-state index contributed by atoms with van der Waals surface area (Å²) >= 11 is 0. The molecule has 0 aliphatic carbocycles. The van der Waals surface area contributed by atoms with Gasteiger partial charge < -0.3 is 4.74 Å². The second-order valence-corrected chi connectivity index (χ2v) is 4.51. The minimum atomic E-state index is -4.74. The minimum Gasteiger partial charge on any atom is -0.496 e. The predicted octanol–water partition coefficient (Wildman–Crippen LogP) is 2.18. The average molecular weight is 339 g/mol. The number of methoxy groups -OCH3 is 1. The number of rotatable bonds is 3. The van der Waals surface area contributed by atoms with Crippen LogP contribution in [0.2, 0.25) is 0 Å². The Morgan fingerprint density at radius 3 is 2.38 bits per heavy atom. The molecule has 0 fully saturated rings. The van der Waals surface area contributed by atoms with Crippen molar-refractivity contribution in [1.29, 1.82) is 0 Å². The maximum atomic E-state index is 12.8. The van der Waals surface area contributed by atoms with Gasteiger partial charge in [0, 0.05) is 6.20 Å². The van der Waals surface area contributed by atoms with Crippen molar-refractivity contribution in [2.24, 2.45) is 0 Å². The number of para-hydroxylation sites is 1. The Morgan fingerprint density at radius 2 is 1.71 bits per heavy atom. The summed E-state index contributed by atoms with van der Waals surface area (Å²) in [7, 11) is 1.36. The third-order valence-electron chi connectivity index (χ3n) is 2.97. The van der Waals surface area contributed by atoms with E-state index in [4.69, 9.17) is 4.74 Å². The predicted molar refractivity (Wildman–Crippen MR) is 77.2 cm³/mol. The number of nitrogens with zero attached hydrogens (tertiary/aromatic N) is 1. The highest BCUT2D eigenvalue weighted by Gasteiger charge is 2.36. The highest BCUT2D eigenvalue weighted by atomic mass is 19.4. The molecule has 1 heterocycles. The number of pyridine rings is 1. The van der Waals surface area contributed by atoms with Crippen LogP contribution in [0.25, 0.3) is 0 Å². The fourth-order valence-electron chi connectivity index (χ4n) is 1.89. The van der Waals surface area contributed by atoms with Gasteiger partial charge in [-0.15, -0.1) is 0 Å². The molecule has 2 amide bonds. The molecule has 0 aliphatic heterocycles. The third kappa shape index (κ3) is 3.80. The first-order valence-corrected chi connectivity index (χ1v) is 6.60. The highest BCUT2D eigenvalue weighted by Crippen LogP contribution is 2.30. The number of nitrogens with one attached hydrogen (secondary N) is 2. The van der Waals surface area contributed by atoms with Crippen LogP contribution in [0.3, 0.4) is 0 Å². The zero-order chi connectivity index (χ0) is 17.7. The number of carbonyl (C=O) groups excluding carboxylic acids is 2. The van der Waals surface area contributed by atoms with Gasteiger partial charge in [0.2, 0.25) is 0 Å². The summed E-state index contributed by atoms with van der Waals surface area (Å²) in [4.78, 5) is 27.3. The van der Waals surface area contributed by atoms with Crippen LogP contribution in [0.1, 0.15) is 26.4 Å². The summed E-state index contributed by atoms with van der Waals surface area (Å²) in [6.07, 6.45) is -3.69. The highest BCUT2D eigenvalue weighted by molar-refractivity contribution is 6.00. The Labute approximate surface area is 134 Å². The first kappa shape index (κ1) is 17.3. The zero-order valence-corrected chi connectivity index (χ0v) is 12.3. The summed E-state index contributed by atoms with van der Waals surface area (Å²) in [6.45, 7) is 0. The van der Waals surface area contributed by atoms with Gasteiger partial charge >= 0.3 is 6.18 Å². The molecule has 2 N–H and O–H groups in total. The zero-order valence-electron chi connectivity index (χ0n) is 12.3. The summed E-state index contributed by atoms with van der Waals surface area (Å²) < 4.78 is 43.5. The molecular weight excluding hydrogens is 327 g/mol. The van der Waals surface area contributed by atoms with Gasteiger partial charge in [0.1, 0.15) is 11.4 Å². The van der Waals surface area contributed by atoms with E-state index in [1.54, 1.807) is 12.1 Å². The van der Waals surface area contributed by atoms with Crippen LogP contribution in [-0.2, 0) is 6.18 Å².